The van der Waals surface area contributed by atoms with Crippen LogP contribution in [0.5, 0.6) is 0 Å². The van der Waals surface area contributed by atoms with Gasteiger partial charge in [0.25, 0.3) is 0 Å². The summed E-state index contributed by atoms with van der Waals surface area (Å²) in [7, 11) is 0. The van der Waals surface area contributed by atoms with Gasteiger partial charge in [-0.25, -0.2) is 0 Å². The molecule has 0 amide bonds. The molecule has 1 unspecified atom stereocenters. The number of hydrogen-bond acceptors (Lipinski definition) is 4. The van der Waals surface area contributed by atoms with Gasteiger partial charge in [-0.2, -0.15) is 0 Å². The van der Waals surface area contributed by atoms with E-state index in [-0.39, 0.29) is 12.0 Å². The molecule has 0 rings (SSSR count). The van der Waals surface area contributed by atoms with Crippen molar-refractivity contribution in [1.29, 1.82) is 0 Å². The average Bonchev–Trinajstić information content (AvgIpc) is 2.25. The predicted octanol–water partition coefficient (Wildman–Crippen LogP) is 1.41. The van der Waals surface area contributed by atoms with Gasteiger partial charge in [0, 0.05) is 26.3 Å². The fourth-order valence-corrected chi connectivity index (χ4v) is 1.72. The number of aliphatic hydroxyl groups is 2. The minimum Gasteiger partial charge on any atom is -0.396 e. The summed E-state index contributed by atoms with van der Waals surface area (Å²) in [5.41, 5.74) is 0.154. The van der Waals surface area contributed by atoms with Crippen LogP contribution in [0.15, 0.2) is 0 Å². The number of ether oxygens (including phenoxy) is 1. The molecule has 0 aromatic rings. The average molecular weight is 261 g/mol. The van der Waals surface area contributed by atoms with Crippen LogP contribution < -0.4 is 5.32 Å². The molecule has 0 radical (unpaired) electrons. The molecule has 0 aliphatic carbocycles. The number of hydrogen-bond donors (Lipinski definition) is 3. The van der Waals surface area contributed by atoms with Gasteiger partial charge < -0.3 is 20.3 Å². The Bertz CT molecular complexity index is 195. The van der Waals surface area contributed by atoms with Gasteiger partial charge in [-0.05, 0) is 24.2 Å². The summed E-state index contributed by atoms with van der Waals surface area (Å²) in [6.45, 7) is 11.2. The van der Waals surface area contributed by atoms with Crippen molar-refractivity contribution >= 4 is 0 Å². The third-order valence-electron chi connectivity index (χ3n) is 2.76. The SMILES string of the molecule is CC(C)COCC(O)CNCC(C)(C)CCCO. The lowest BCUT2D eigenvalue weighted by molar-refractivity contribution is 0.0251. The van der Waals surface area contributed by atoms with E-state index in [0.29, 0.717) is 25.7 Å². The highest BCUT2D eigenvalue weighted by Crippen LogP contribution is 2.20. The standard InChI is InChI=1S/C14H31NO3/c1-12(2)9-18-10-13(17)8-15-11-14(3,4)6-5-7-16/h12-13,15-17H,5-11H2,1-4H3. The maximum Gasteiger partial charge on any atom is 0.0897 e. The van der Waals surface area contributed by atoms with Gasteiger partial charge in [0.05, 0.1) is 12.7 Å². The molecule has 4 heteroatoms. The normalized spacial score (nSPS) is 14.2. The first kappa shape index (κ1) is 17.8. The van der Waals surface area contributed by atoms with Gasteiger partial charge in [0.1, 0.15) is 0 Å². The zero-order valence-corrected chi connectivity index (χ0v) is 12.4. The molecule has 0 aliphatic heterocycles. The Morgan fingerprint density at radius 2 is 1.89 bits per heavy atom. The summed E-state index contributed by atoms with van der Waals surface area (Å²) in [6, 6.07) is 0. The molecular formula is C14H31NO3. The summed E-state index contributed by atoms with van der Waals surface area (Å²) in [5, 5.41) is 21.8. The second-order valence-electron chi connectivity index (χ2n) is 6.21. The summed E-state index contributed by atoms with van der Waals surface area (Å²) in [5.74, 6) is 0.502. The summed E-state index contributed by atoms with van der Waals surface area (Å²) < 4.78 is 5.38. The predicted molar refractivity (Wildman–Crippen MR) is 74.6 cm³/mol. The Morgan fingerprint density at radius 3 is 2.44 bits per heavy atom. The van der Waals surface area contributed by atoms with Crippen LogP contribution in [0.3, 0.4) is 0 Å². The van der Waals surface area contributed by atoms with Crippen molar-refractivity contribution in [2.45, 2.75) is 46.6 Å². The molecule has 0 saturated heterocycles. The van der Waals surface area contributed by atoms with Crippen LogP contribution in [-0.4, -0.2) is 49.2 Å². The first-order valence-corrected chi connectivity index (χ1v) is 6.95. The molecule has 110 valence electrons. The van der Waals surface area contributed by atoms with Gasteiger partial charge in [-0.1, -0.05) is 27.7 Å². The molecule has 0 bridgehead atoms. The Hall–Kier alpha value is -0.160. The van der Waals surface area contributed by atoms with Crippen LogP contribution in [0.2, 0.25) is 0 Å². The first-order valence-electron chi connectivity index (χ1n) is 6.95. The van der Waals surface area contributed by atoms with Crippen molar-refractivity contribution in [2.24, 2.45) is 11.3 Å². The maximum absolute atomic E-state index is 9.71. The van der Waals surface area contributed by atoms with Crippen molar-refractivity contribution in [3.63, 3.8) is 0 Å². The summed E-state index contributed by atoms with van der Waals surface area (Å²) in [6.07, 6.45) is 1.36. The number of rotatable bonds is 11. The highest BCUT2D eigenvalue weighted by molar-refractivity contribution is 4.72. The summed E-state index contributed by atoms with van der Waals surface area (Å²) >= 11 is 0. The second-order valence-corrected chi connectivity index (χ2v) is 6.21. The fraction of sp³-hybridized carbons (Fsp3) is 1.00. The Kier molecular flexibility index (Phi) is 9.64. The minimum atomic E-state index is -0.447. The van der Waals surface area contributed by atoms with Gasteiger partial charge >= 0.3 is 0 Å². The third kappa shape index (κ3) is 11.0. The van der Waals surface area contributed by atoms with E-state index >= 15 is 0 Å². The lowest BCUT2D eigenvalue weighted by atomic mass is 9.88. The zero-order chi connectivity index (χ0) is 14.0. The van der Waals surface area contributed by atoms with Gasteiger partial charge in [-0.15, -0.1) is 0 Å². The maximum atomic E-state index is 9.71. The zero-order valence-electron chi connectivity index (χ0n) is 12.4. The topological polar surface area (TPSA) is 61.7 Å². The van der Waals surface area contributed by atoms with Gasteiger partial charge in [0.15, 0.2) is 0 Å². The second kappa shape index (κ2) is 9.73. The van der Waals surface area contributed by atoms with Crippen LogP contribution in [0.1, 0.15) is 40.5 Å². The third-order valence-corrected chi connectivity index (χ3v) is 2.76. The smallest absolute Gasteiger partial charge is 0.0897 e. The van der Waals surface area contributed by atoms with Crippen molar-refractivity contribution in [3.05, 3.63) is 0 Å². The van der Waals surface area contributed by atoms with E-state index in [1.165, 1.54) is 0 Å². The summed E-state index contributed by atoms with van der Waals surface area (Å²) in [4.78, 5) is 0. The fourth-order valence-electron chi connectivity index (χ4n) is 1.72. The molecule has 0 fully saturated rings. The van der Waals surface area contributed by atoms with Crippen LogP contribution in [0, 0.1) is 11.3 Å². The van der Waals surface area contributed by atoms with Crippen LogP contribution in [0.4, 0.5) is 0 Å². The van der Waals surface area contributed by atoms with E-state index in [9.17, 15) is 5.11 Å². The number of nitrogens with one attached hydrogen (secondary N) is 1. The molecule has 0 spiro atoms. The largest absolute Gasteiger partial charge is 0.396 e. The van der Waals surface area contributed by atoms with Crippen LogP contribution in [-0.2, 0) is 4.74 Å². The van der Waals surface area contributed by atoms with Gasteiger partial charge in [0.2, 0.25) is 0 Å². The molecule has 3 N–H and O–H groups in total. The van der Waals surface area contributed by atoms with E-state index in [1.807, 2.05) is 0 Å². The molecule has 4 nitrogen and oxygen atoms in total. The molecule has 0 aromatic heterocycles. The van der Waals surface area contributed by atoms with Crippen LogP contribution >= 0.6 is 0 Å². The molecule has 0 heterocycles. The quantitative estimate of drug-likeness (QED) is 0.526. The minimum absolute atomic E-state index is 0.154. The monoisotopic (exact) mass is 261 g/mol. The van der Waals surface area contributed by atoms with Crippen LogP contribution in [0.25, 0.3) is 0 Å². The molecular weight excluding hydrogens is 230 g/mol. The molecule has 0 saturated carbocycles. The molecule has 0 aromatic carbocycles. The molecule has 1 atom stereocenters. The van der Waals surface area contributed by atoms with E-state index in [1.54, 1.807) is 0 Å². The highest BCUT2D eigenvalue weighted by Gasteiger charge is 2.17. The van der Waals surface area contributed by atoms with E-state index in [0.717, 1.165) is 19.4 Å². The lowest BCUT2D eigenvalue weighted by Gasteiger charge is -2.25. The Labute approximate surface area is 112 Å². The highest BCUT2D eigenvalue weighted by atomic mass is 16.5. The number of aliphatic hydroxyl groups excluding tert-OH is 2. The molecule has 18 heavy (non-hydrogen) atoms. The lowest BCUT2D eigenvalue weighted by Crippen LogP contribution is -2.36. The Balaban J connectivity index is 3.57. The van der Waals surface area contributed by atoms with Crippen molar-refractivity contribution in [1.82, 2.24) is 5.32 Å². The molecule has 0 aliphatic rings. The van der Waals surface area contributed by atoms with Crippen molar-refractivity contribution in [3.8, 4) is 0 Å². The van der Waals surface area contributed by atoms with Gasteiger partial charge in [-0.3, -0.25) is 0 Å². The van der Waals surface area contributed by atoms with Crippen molar-refractivity contribution in [2.75, 3.05) is 32.9 Å². The van der Waals surface area contributed by atoms with E-state index < -0.39 is 6.10 Å². The Morgan fingerprint density at radius 1 is 1.22 bits per heavy atom. The van der Waals surface area contributed by atoms with E-state index in [2.05, 4.69) is 33.0 Å². The van der Waals surface area contributed by atoms with Crippen molar-refractivity contribution < 1.29 is 14.9 Å². The first-order chi connectivity index (χ1) is 8.37. The van der Waals surface area contributed by atoms with E-state index in [4.69, 9.17) is 9.84 Å².